The maximum Gasteiger partial charge on any atom is -0.171 e. The summed E-state index contributed by atoms with van der Waals surface area (Å²) in [7, 11) is 4.58. The zero-order chi connectivity index (χ0) is 18.5. The van der Waals surface area contributed by atoms with Crippen molar-refractivity contribution in [3.63, 3.8) is 0 Å². The fourth-order valence-electron chi connectivity index (χ4n) is 1.02. The van der Waals surface area contributed by atoms with Crippen LogP contribution in [0.2, 0.25) is 0 Å². The molecule has 144 valence electrons. The molecule has 1 unspecified atom stereocenters. The van der Waals surface area contributed by atoms with E-state index in [1.165, 1.54) is 0 Å². The molecule has 0 aromatic heterocycles. The van der Waals surface area contributed by atoms with Gasteiger partial charge in [0.1, 0.15) is 0 Å². The molecule has 26 heavy (non-hydrogen) atoms. The Morgan fingerprint density at radius 3 is 1.23 bits per heavy atom. The van der Waals surface area contributed by atoms with Crippen LogP contribution in [0.15, 0.2) is 78.9 Å². The molecule has 1 aliphatic carbocycles. The number of halogens is 2. The summed E-state index contributed by atoms with van der Waals surface area (Å²) in [5.74, 6) is 0. The van der Waals surface area contributed by atoms with Gasteiger partial charge in [-0.15, -0.1) is 40.5 Å². The summed E-state index contributed by atoms with van der Waals surface area (Å²) in [5.41, 5.74) is 0. The molecule has 0 aliphatic heterocycles. The van der Waals surface area contributed by atoms with Gasteiger partial charge >= 0.3 is 26.8 Å². The molecule has 0 spiro atoms. The topological polar surface area (TPSA) is 0 Å². The van der Waals surface area contributed by atoms with Gasteiger partial charge in [-0.05, 0) is 5.16 Å². The van der Waals surface area contributed by atoms with Gasteiger partial charge in [-0.25, -0.2) is 12.2 Å². The average Bonchev–Trinajstić information content (AvgIpc) is 3.19. The van der Waals surface area contributed by atoms with E-state index in [2.05, 4.69) is 54.3 Å². The van der Waals surface area contributed by atoms with Crippen LogP contribution in [0, 0.1) is 18.2 Å². The summed E-state index contributed by atoms with van der Waals surface area (Å²) in [6.07, 6.45) is 10.0. The molecule has 0 nitrogen and oxygen atoms in total. The van der Waals surface area contributed by atoms with E-state index in [4.69, 9.17) is 0 Å². The van der Waals surface area contributed by atoms with Gasteiger partial charge in [0.25, 0.3) is 0 Å². The van der Waals surface area contributed by atoms with Crippen molar-refractivity contribution >= 4 is 41.7 Å². The molecule has 1 atom stereocenters. The Bertz CT molecular complexity index is 414. The van der Waals surface area contributed by atoms with E-state index in [9.17, 15) is 0 Å². The molecule has 0 heterocycles. The van der Waals surface area contributed by atoms with Crippen LogP contribution in [-0.2, 0) is 19.2 Å². The largest absolute Gasteiger partial charge is 0.184 e. The van der Waals surface area contributed by atoms with E-state index in [1.54, 1.807) is 0 Å². The Hall–Kier alpha value is -0.139. The predicted molar refractivity (Wildman–Crippen MR) is 125 cm³/mol. The second-order valence-corrected chi connectivity index (χ2v) is 7.26. The van der Waals surface area contributed by atoms with Crippen LogP contribution in [-0.4, -0.2) is 12.8 Å². The first-order chi connectivity index (χ1) is 11.5. The molecule has 0 amide bonds. The molecule has 5 heteroatoms. The molecule has 1 aliphatic rings. The molecule has 0 fully saturated rings. The first-order valence-corrected chi connectivity index (χ1v) is 12.3. The summed E-state index contributed by atoms with van der Waals surface area (Å²) >= 11 is 2.03. The van der Waals surface area contributed by atoms with Crippen LogP contribution in [0.5, 0.6) is 0 Å². The van der Waals surface area contributed by atoms with Crippen molar-refractivity contribution in [3.8, 4) is 0 Å². The standard InChI is InChI=1S/2C6H5.C5H5.C4H11P.2ClH.H2Si.Ti/c2*1-2-4-6-5-3-1;1-2-4-5-3-1;1-4(2,3)5;;;;/h2*1-5H;1-3H,4H2;5H2,1-3H3;2*1H;1H2;/q3*-1;;;;;. The Balaban J connectivity index is -0.000000118. The SMILES string of the molecule is CC(C)(C)P.Cl.Cl.[C-]1=CC=CC1.[SiH2]=[Ti].[c-]1ccccc1.[c-]1ccccc1. The smallest absolute Gasteiger partial charge is 0.171 e. The van der Waals surface area contributed by atoms with Crippen LogP contribution in [0.25, 0.3) is 0 Å². The number of benzene rings is 2. The zero-order valence-electron chi connectivity index (χ0n) is 15.8. The molecular formula is C21H30Cl2PSiTi-3. The number of hydrogen-bond acceptors (Lipinski definition) is 0. The number of hydrogen-bond donors (Lipinski definition) is 0. The third-order valence-electron chi connectivity index (χ3n) is 1.80. The molecule has 2 aromatic carbocycles. The molecule has 0 saturated carbocycles. The molecular weight excluding hydrogens is 430 g/mol. The third-order valence-corrected chi connectivity index (χ3v) is 1.80. The average molecular weight is 460 g/mol. The Morgan fingerprint density at radius 2 is 1.15 bits per heavy atom. The second-order valence-electron chi connectivity index (χ2n) is 5.52. The molecule has 2 aromatic rings. The van der Waals surface area contributed by atoms with Crippen molar-refractivity contribution in [1.29, 1.82) is 0 Å². The van der Waals surface area contributed by atoms with Gasteiger partial charge in [0.15, 0.2) is 0 Å². The number of rotatable bonds is 0. The maximum absolute atomic E-state index is 2.99. The second kappa shape index (κ2) is 27.1. The normalized spacial score (nSPS) is 9.50. The van der Waals surface area contributed by atoms with Crippen molar-refractivity contribution in [2.45, 2.75) is 32.3 Å². The summed E-state index contributed by atoms with van der Waals surface area (Å²) < 4.78 is 0. The van der Waals surface area contributed by atoms with Gasteiger partial charge in [0.2, 0.25) is 0 Å². The van der Waals surface area contributed by atoms with Gasteiger partial charge in [-0.2, -0.15) is 78.9 Å². The first kappa shape index (κ1) is 33.4. The monoisotopic (exact) mass is 459 g/mol. The van der Waals surface area contributed by atoms with Gasteiger partial charge in [-0.1, -0.05) is 20.8 Å². The van der Waals surface area contributed by atoms with E-state index >= 15 is 0 Å². The summed E-state index contributed by atoms with van der Waals surface area (Å²) in [4.78, 5) is 0. The quantitative estimate of drug-likeness (QED) is 0.262. The third kappa shape index (κ3) is 43.9. The van der Waals surface area contributed by atoms with Crippen molar-refractivity contribution in [2.24, 2.45) is 0 Å². The maximum atomic E-state index is 2.99. The van der Waals surface area contributed by atoms with Crippen molar-refractivity contribution in [2.75, 3.05) is 0 Å². The van der Waals surface area contributed by atoms with Crippen LogP contribution >= 0.6 is 34.1 Å². The van der Waals surface area contributed by atoms with Gasteiger partial charge < -0.3 is 0 Å². The minimum Gasteiger partial charge on any atom is -0.184 e. The van der Waals surface area contributed by atoms with E-state index in [0.717, 1.165) is 6.42 Å². The molecule has 0 bridgehead atoms. The van der Waals surface area contributed by atoms with Crippen molar-refractivity contribution < 1.29 is 19.2 Å². The van der Waals surface area contributed by atoms with E-state index < -0.39 is 0 Å². The summed E-state index contributed by atoms with van der Waals surface area (Å²) in [5, 5.41) is 0.417. The van der Waals surface area contributed by atoms with Crippen LogP contribution in [0.4, 0.5) is 0 Å². The molecule has 0 radical (unpaired) electrons. The fraction of sp³-hybridized carbons (Fsp3) is 0.238. The first-order valence-electron chi connectivity index (χ1n) is 7.68. The Morgan fingerprint density at radius 1 is 0.808 bits per heavy atom. The van der Waals surface area contributed by atoms with Crippen molar-refractivity contribution in [3.05, 3.63) is 97.1 Å². The van der Waals surface area contributed by atoms with E-state index in [0.29, 0.717) is 5.16 Å². The fourth-order valence-corrected chi connectivity index (χ4v) is 1.02. The minimum atomic E-state index is 0. The van der Waals surface area contributed by atoms with Gasteiger partial charge in [-0.3, -0.25) is 6.08 Å². The van der Waals surface area contributed by atoms with Gasteiger partial charge in [0.05, 0.1) is 0 Å². The Kier molecular flexibility index (Phi) is 34.8. The Labute approximate surface area is 189 Å². The number of allylic oxidation sites excluding steroid dienone is 4. The summed E-state index contributed by atoms with van der Waals surface area (Å²) in [6.45, 7) is 6.45. The molecule has 3 rings (SSSR count). The van der Waals surface area contributed by atoms with E-state index in [1.807, 2.05) is 99.6 Å². The molecule has 0 N–H and O–H groups in total. The summed E-state index contributed by atoms with van der Waals surface area (Å²) in [6, 6.07) is 25.0. The van der Waals surface area contributed by atoms with Crippen LogP contribution < -0.4 is 0 Å². The van der Waals surface area contributed by atoms with Crippen LogP contribution in [0.3, 0.4) is 0 Å². The zero-order valence-corrected chi connectivity index (χ0v) is 21.6. The van der Waals surface area contributed by atoms with Gasteiger partial charge in [0, 0.05) is 0 Å². The van der Waals surface area contributed by atoms with Crippen LogP contribution in [0.1, 0.15) is 27.2 Å². The molecule has 0 saturated heterocycles. The van der Waals surface area contributed by atoms with E-state index in [-0.39, 0.29) is 24.8 Å². The minimum absolute atomic E-state index is 0. The van der Waals surface area contributed by atoms with Crippen molar-refractivity contribution in [1.82, 2.24) is 0 Å². The predicted octanol–water partition coefficient (Wildman–Crippen LogP) is 5.86.